The predicted octanol–water partition coefficient (Wildman–Crippen LogP) is 2.31. The first-order valence-electron chi connectivity index (χ1n) is 11.4. The summed E-state index contributed by atoms with van der Waals surface area (Å²) in [5.74, 6) is 0.377. The normalized spacial score (nSPS) is 16.3. The molecule has 3 N–H and O–H groups in total. The van der Waals surface area contributed by atoms with Gasteiger partial charge in [-0.3, -0.25) is 9.79 Å². The molecule has 1 amide bonds. The van der Waals surface area contributed by atoms with Gasteiger partial charge in [0, 0.05) is 26.2 Å². The van der Waals surface area contributed by atoms with Crippen molar-refractivity contribution < 1.29 is 14.6 Å². The zero-order valence-electron chi connectivity index (χ0n) is 18.7. The predicted molar refractivity (Wildman–Crippen MR) is 127 cm³/mol. The van der Waals surface area contributed by atoms with Gasteiger partial charge in [0.15, 0.2) is 5.96 Å². The molecule has 0 aliphatic carbocycles. The highest BCUT2D eigenvalue weighted by Crippen LogP contribution is 2.20. The molecule has 1 heterocycles. The highest BCUT2D eigenvalue weighted by molar-refractivity contribution is 5.85. The van der Waals surface area contributed by atoms with Gasteiger partial charge in [-0.1, -0.05) is 60.7 Å². The quantitative estimate of drug-likeness (QED) is 0.413. The Morgan fingerprint density at radius 2 is 1.66 bits per heavy atom. The van der Waals surface area contributed by atoms with E-state index in [1.807, 2.05) is 72.5 Å². The summed E-state index contributed by atoms with van der Waals surface area (Å²) in [6.45, 7) is 5.99. The van der Waals surface area contributed by atoms with Crippen molar-refractivity contribution in [2.75, 3.05) is 45.9 Å². The molecule has 32 heavy (non-hydrogen) atoms. The molecule has 0 bridgehead atoms. The zero-order valence-corrected chi connectivity index (χ0v) is 18.7. The van der Waals surface area contributed by atoms with Crippen molar-refractivity contribution in [2.24, 2.45) is 4.99 Å². The summed E-state index contributed by atoms with van der Waals surface area (Å²) >= 11 is 0. The van der Waals surface area contributed by atoms with E-state index in [4.69, 9.17) is 9.73 Å². The molecule has 2 unspecified atom stereocenters. The van der Waals surface area contributed by atoms with Crippen molar-refractivity contribution in [3.8, 4) is 0 Å². The second kappa shape index (κ2) is 12.8. The van der Waals surface area contributed by atoms with Crippen LogP contribution in [0, 0.1) is 0 Å². The SMILES string of the molecule is CCNC(=NCC(C(=O)N1CCOCC1)c1ccccc1)NCCC(O)c1ccccc1. The van der Waals surface area contributed by atoms with Crippen LogP contribution in [0.3, 0.4) is 0 Å². The Morgan fingerprint density at radius 1 is 1.03 bits per heavy atom. The second-order valence-corrected chi connectivity index (χ2v) is 7.76. The molecular formula is C25H34N4O3. The Bertz CT molecular complexity index is 839. The Kier molecular flexibility index (Phi) is 9.53. The highest BCUT2D eigenvalue weighted by atomic mass is 16.5. The average molecular weight is 439 g/mol. The molecule has 2 atom stereocenters. The lowest BCUT2D eigenvalue weighted by Crippen LogP contribution is -2.44. The van der Waals surface area contributed by atoms with Crippen LogP contribution in [0.1, 0.15) is 36.5 Å². The van der Waals surface area contributed by atoms with Crippen LogP contribution >= 0.6 is 0 Å². The van der Waals surface area contributed by atoms with Crippen molar-refractivity contribution in [3.63, 3.8) is 0 Å². The first kappa shape index (κ1) is 23.8. The molecule has 0 saturated carbocycles. The third-order valence-corrected chi connectivity index (χ3v) is 5.49. The summed E-state index contributed by atoms with van der Waals surface area (Å²) in [4.78, 5) is 19.8. The molecule has 0 aromatic heterocycles. The van der Waals surface area contributed by atoms with E-state index in [-0.39, 0.29) is 11.8 Å². The lowest BCUT2D eigenvalue weighted by atomic mass is 9.97. The number of morpholine rings is 1. The van der Waals surface area contributed by atoms with Gasteiger partial charge >= 0.3 is 0 Å². The Hall–Kier alpha value is -2.90. The fourth-order valence-corrected chi connectivity index (χ4v) is 3.71. The molecule has 1 saturated heterocycles. The number of rotatable bonds is 9. The van der Waals surface area contributed by atoms with Crippen LogP contribution in [0.15, 0.2) is 65.7 Å². The standard InChI is InChI=1S/C25H34N4O3/c1-2-26-25(27-14-13-23(30)21-11-7-4-8-12-21)28-19-22(20-9-5-3-6-10-20)24(31)29-15-17-32-18-16-29/h3-12,22-23,30H,2,13-19H2,1H3,(H2,26,27,28). The van der Waals surface area contributed by atoms with Crippen LogP contribution in [-0.2, 0) is 9.53 Å². The lowest BCUT2D eigenvalue weighted by Gasteiger charge is -2.30. The third kappa shape index (κ3) is 7.07. The summed E-state index contributed by atoms with van der Waals surface area (Å²) in [5, 5.41) is 16.9. The number of carbonyl (C=O) groups excluding carboxylic acids is 1. The largest absolute Gasteiger partial charge is 0.388 e. The maximum Gasteiger partial charge on any atom is 0.232 e. The van der Waals surface area contributed by atoms with Crippen LogP contribution in [0.5, 0.6) is 0 Å². The summed E-state index contributed by atoms with van der Waals surface area (Å²) in [6.07, 6.45) is 0.0232. The number of nitrogens with zero attached hydrogens (tertiary/aromatic N) is 2. The molecule has 172 valence electrons. The molecule has 0 radical (unpaired) electrons. The molecule has 1 fully saturated rings. The zero-order chi connectivity index (χ0) is 22.6. The molecule has 3 rings (SSSR count). The van der Waals surface area contributed by atoms with Crippen LogP contribution in [-0.4, -0.2) is 67.8 Å². The minimum absolute atomic E-state index is 0.0820. The topological polar surface area (TPSA) is 86.2 Å². The van der Waals surface area contributed by atoms with Crippen molar-refractivity contribution in [3.05, 3.63) is 71.8 Å². The maximum absolute atomic E-state index is 13.3. The molecule has 1 aliphatic rings. The van der Waals surface area contributed by atoms with E-state index in [1.54, 1.807) is 0 Å². The van der Waals surface area contributed by atoms with Gasteiger partial charge in [-0.05, 0) is 24.5 Å². The highest BCUT2D eigenvalue weighted by Gasteiger charge is 2.27. The third-order valence-electron chi connectivity index (χ3n) is 5.49. The lowest BCUT2D eigenvalue weighted by molar-refractivity contribution is -0.136. The minimum Gasteiger partial charge on any atom is -0.388 e. The van der Waals surface area contributed by atoms with E-state index >= 15 is 0 Å². The first-order valence-corrected chi connectivity index (χ1v) is 11.4. The van der Waals surface area contributed by atoms with E-state index in [0.717, 1.165) is 11.1 Å². The van der Waals surface area contributed by atoms with Crippen LogP contribution in [0.25, 0.3) is 0 Å². The van der Waals surface area contributed by atoms with E-state index in [1.165, 1.54) is 0 Å². The van der Waals surface area contributed by atoms with Gasteiger partial charge in [-0.25, -0.2) is 0 Å². The number of nitrogens with one attached hydrogen (secondary N) is 2. The first-order chi connectivity index (χ1) is 15.7. The summed E-state index contributed by atoms with van der Waals surface area (Å²) < 4.78 is 5.40. The number of amides is 1. The average Bonchev–Trinajstić information content (AvgIpc) is 2.85. The van der Waals surface area contributed by atoms with Gasteiger partial charge in [-0.2, -0.15) is 0 Å². The number of hydrogen-bond donors (Lipinski definition) is 3. The summed E-state index contributed by atoms with van der Waals surface area (Å²) in [6, 6.07) is 19.4. The molecule has 7 nitrogen and oxygen atoms in total. The molecular weight excluding hydrogens is 404 g/mol. The van der Waals surface area contributed by atoms with Gasteiger partial charge in [0.25, 0.3) is 0 Å². The van der Waals surface area contributed by atoms with E-state index < -0.39 is 6.10 Å². The fraction of sp³-hybridized carbons (Fsp3) is 0.440. The Labute approximate surface area is 190 Å². The van der Waals surface area contributed by atoms with Crippen molar-refractivity contribution in [1.29, 1.82) is 0 Å². The number of aliphatic imine (C=N–C) groups is 1. The summed E-state index contributed by atoms with van der Waals surface area (Å²) in [5.41, 5.74) is 1.86. The number of hydrogen-bond acceptors (Lipinski definition) is 4. The number of aliphatic hydroxyl groups excluding tert-OH is 1. The number of carbonyl (C=O) groups is 1. The number of guanidine groups is 1. The fourth-order valence-electron chi connectivity index (χ4n) is 3.71. The van der Waals surface area contributed by atoms with Crippen LogP contribution in [0.4, 0.5) is 0 Å². The van der Waals surface area contributed by atoms with Crippen LogP contribution in [0.2, 0.25) is 0 Å². The number of ether oxygens (including phenoxy) is 1. The molecule has 2 aromatic rings. The van der Waals surface area contributed by atoms with Gasteiger partial charge < -0.3 is 25.4 Å². The van der Waals surface area contributed by atoms with Gasteiger partial charge in [0.1, 0.15) is 0 Å². The maximum atomic E-state index is 13.3. The van der Waals surface area contributed by atoms with Crippen molar-refractivity contribution >= 4 is 11.9 Å². The Balaban J connectivity index is 1.64. The van der Waals surface area contributed by atoms with Gasteiger partial charge in [0.05, 0.1) is 31.8 Å². The van der Waals surface area contributed by atoms with E-state index in [9.17, 15) is 9.90 Å². The molecule has 1 aliphatic heterocycles. The van der Waals surface area contributed by atoms with Crippen molar-refractivity contribution in [2.45, 2.75) is 25.4 Å². The van der Waals surface area contributed by atoms with Gasteiger partial charge in [0.2, 0.25) is 5.91 Å². The van der Waals surface area contributed by atoms with Crippen molar-refractivity contribution in [1.82, 2.24) is 15.5 Å². The molecule has 2 aromatic carbocycles. The number of benzene rings is 2. The van der Waals surface area contributed by atoms with E-state index in [2.05, 4.69) is 10.6 Å². The smallest absolute Gasteiger partial charge is 0.232 e. The number of aliphatic hydroxyl groups is 1. The second-order valence-electron chi connectivity index (χ2n) is 7.76. The van der Waals surface area contributed by atoms with Gasteiger partial charge in [-0.15, -0.1) is 0 Å². The molecule has 0 spiro atoms. The van der Waals surface area contributed by atoms with E-state index in [0.29, 0.717) is 58.3 Å². The monoisotopic (exact) mass is 438 g/mol. The van der Waals surface area contributed by atoms with Crippen LogP contribution < -0.4 is 10.6 Å². The molecule has 7 heteroatoms. The Morgan fingerprint density at radius 3 is 2.28 bits per heavy atom. The summed E-state index contributed by atoms with van der Waals surface area (Å²) in [7, 11) is 0. The minimum atomic E-state index is -0.536.